The summed E-state index contributed by atoms with van der Waals surface area (Å²) in [5.74, 6) is 0.743. The SMILES string of the molecule is CCOC1CCCN(CC(NC)C(C)CC)C1. The summed E-state index contributed by atoms with van der Waals surface area (Å²) in [5, 5.41) is 3.46. The van der Waals surface area contributed by atoms with Crippen LogP contribution in [-0.2, 0) is 4.74 Å². The zero-order chi connectivity index (χ0) is 12.7. The molecule has 0 bridgehead atoms. The molecule has 3 unspecified atom stereocenters. The third-order valence-electron chi connectivity index (χ3n) is 4.02. The molecule has 0 aliphatic carbocycles. The Morgan fingerprint density at radius 2 is 2.18 bits per heavy atom. The van der Waals surface area contributed by atoms with Gasteiger partial charge in [-0.2, -0.15) is 0 Å². The number of ether oxygens (including phenoxy) is 1. The van der Waals surface area contributed by atoms with Gasteiger partial charge in [0.05, 0.1) is 6.10 Å². The molecule has 1 fully saturated rings. The Kier molecular flexibility index (Phi) is 7.09. The quantitative estimate of drug-likeness (QED) is 0.740. The topological polar surface area (TPSA) is 24.5 Å². The van der Waals surface area contributed by atoms with E-state index in [4.69, 9.17) is 4.74 Å². The monoisotopic (exact) mass is 242 g/mol. The van der Waals surface area contributed by atoms with Gasteiger partial charge in [0.15, 0.2) is 0 Å². The van der Waals surface area contributed by atoms with Crippen LogP contribution in [0.2, 0.25) is 0 Å². The summed E-state index contributed by atoms with van der Waals surface area (Å²) in [6.07, 6.45) is 4.22. The van der Waals surface area contributed by atoms with E-state index in [1.807, 2.05) is 0 Å². The lowest BCUT2D eigenvalue weighted by molar-refractivity contribution is 0.00212. The highest BCUT2D eigenvalue weighted by atomic mass is 16.5. The van der Waals surface area contributed by atoms with Crippen molar-refractivity contribution in [3.05, 3.63) is 0 Å². The minimum Gasteiger partial charge on any atom is -0.377 e. The van der Waals surface area contributed by atoms with Crippen molar-refractivity contribution in [1.82, 2.24) is 10.2 Å². The molecule has 0 saturated carbocycles. The first-order valence-electron chi connectivity index (χ1n) is 7.22. The molecule has 3 heteroatoms. The lowest BCUT2D eigenvalue weighted by Gasteiger charge is -2.36. The van der Waals surface area contributed by atoms with Gasteiger partial charge in [0.25, 0.3) is 0 Å². The van der Waals surface area contributed by atoms with Crippen molar-refractivity contribution >= 4 is 0 Å². The van der Waals surface area contributed by atoms with Crippen LogP contribution >= 0.6 is 0 Å². The van der Waals surface area contributed by atoms with Gasteiger partial charge in [-0.3, -0.25) is 4.90 Å². The maximum absolute atomic E-state index is 5.75. The van der Waals surface area contributed by atoms with Gasteiger partial charge in [-0.15, -0.1) is 0 Å². The predicted molar refractivity (Wildman–Crippen MR) is 73.4 cm³/mol. The van der Waals surface area contributed by atoms with Gasteiger partial charge in [0, 0.05) is 25.7 Å². The number of piperidine rings is 1. The van der Waals surface area contributed by atoms with Crippen molar-refractivity contribution in [3.63, 3.8) is 0 Å². The summed E-state index contributed by atoms with van der Waals surface area (Å²) in [6.45, 7) is 11.1. The van der Waals surface area contributed by atoms with Crippen LogP contribution in [0.5, 0.6) is 0 Å². The Hall–Kier alpha value is -0.120. The van der Waals surface area contributed by atoms with Crippen molar-refractivity contribution in [2.24, 2.45) is 5.92 Å². The van der Waals surface area contributed by atoms with Crippen molar-refractivity contribution in [2.45, 2.75) is 52.2 Å². The molecule has 1 rings (SSSR count). The Bertz CT molecular complexity index is 197. The number of nitrogens with zero attached hydrogens (tertiary/aromatic N) is 1. The second-order valence-electron chi connectivity index (χ2n) is 5.26. The average Bonchev–Trinajstić information content (AvgIpc) is 2.36. The Labute approximate surface area is 107 Å². The van der Waals surface area contributed by atoms with E-state index in [-0.39, 0.29) is 0 Å². The fraction of sp³-hybridized carbons (Fsp3) is 1.00. The lowest BCUT2D eigenvalue weighted by atomic mass is 9.97. The Balaban J connectivity index is 2.38. The van der Waals surface area contributed by atoms with Crippen LogP contribution in [0.4, 0.5) is 0 Å². The lowest BCUT2D eigenvalue weighted by Crippen LogP contribution is -2.48. The summed E-state index contributed by atoms with van der Waals surface area (Å²) >= 11 is 0. The third-order valence-corrected chi connectivity index (χ3v) is 4.02. The molecular weight excluding hydrogens is 212 g/mol. The number of hydrogen-bond donors (Lipinski definition) is 1. The third kappa shape index (κ3) is 4.94. The number of nitrogens with one attached hydrogen (secondary N) is 1. The van der Waals surface area contributed by atoms with E-state index in [1.165, 1.54) is 25.8 Å². The predicted octanol–water partition coefficient (Wildman–Crippen LogP) is 2.12. The van der Waals surface area contributed by atoms with E-state index >= 15 is 0 Å². The van der Waals surface area contributed by atoms with Crippen molar-refractivity contribution in [3.8, 4) is 0 Å². The maximum atomic E-state index is 5.75. The van der Waals surface area contributed by atoms with E-state index in [0.29, 0.717) is 12.1 Å². The Morgan fingerprint density at radius 3 is 2.76 bits per heavy atom. The zero-order valence-electron chi connectivity index (χ0n) is 12.0. The van der Waals surface area contributed by atoms with Gasteiger partial charge in [-0.1, -0.05) is 20.3 Å². The fourth-order valence-corrected chi connectivity index (χ4v) is 2.67. The standard InChI is InChI=1S/C14H30N2O/c1-5-12(3)14(15-4)11-16-9-7-8-13(10-16)17-6-2/h12-15H,5-11H2,1-4H3. The van der Waals surface area contributed by atoms with Crippen LogP contribution in [0, 0.1) is 5.92 Å². The first kappa shape index (κ1) is 14.9. The van der Waals surface area contributed by atoms with Crippen LogP contribution in [-0.4, -0.2) is 50.3 Å². The van der Waals surface area contributed by atoms with Gasteiger partial charge in [0.1, 0.15) is 0 Å². The second-order valence-corrected chi connectivity index (χ2v) is 5.26. The van der Waals surface area contributed by atoms with Gasteiger partial charge in [-0.05, 0) is 39.3 Å². The minimum absolute atomic E-state index is 0.461. The molecule has 3 nitrogen and oxygen atoms in total. The molecule has 102 valence electrons. The summed E-state index contributed by atoms with van der Waals surface area (Å²) in [5.41, 5.74) is 0. The number of likely N-dealkylation sites (N-methyl/N-ethyl adjacent to an activating group) is 1. The van der Waals surface area contributed by atoms with Crippen LogP contribution in [0.15, 0.2) is 0 Å². The Morgan fingerprint density at radius 1 is 1.41 bits per heavy atom. The van der Waals surface area contributed by atoms with Gasteiger partial charge < -0.3 is 10.1 Å². The molecule has 1 N–H and O–H groups in total. The summed E-state index contributed by atoms with van der Waals surface area (Å²) < 4.78 is 5.75. The molecule has 0 aromatic heterocycles. The van der Waals surface area contributed by atoms with Crippen LogP contribution in [0.1, 0.15) is 40.0 Å². The molecule has 1 heterocycles. The molecular formula is C14H30N2O. The van der Waals surface area contributed by atoms with Crippen molar-refractivity contribution in [1.29, 1.82) is 0 Å². The molecule has 0 amide bonds. The van der Waals surface area contributed by atoms with E-state index in [9.17, 15) is 0 Å². The number of hydrogen-bond acceptors (Lipinski definition) is 3. The van der Waals surface area contributed by atoms with E-state index in [1.54, 1.807) is 0 Å². The molecule has 1 saturated heterocycles. The largest absolute Gasteiger partial charge is 0.377 e. The first-order valence-corrected chi connectivity index (χ1v) is 7.22. The summed E-state index contributed by atoms with van der Waals surface area (Å²) in [6, 6.07) is 0.611. The fourth-order valence-electron chi connectivity index (χ4n) is 2.67. The van der Waals surface area contributed by atoms with Crippen LogP contribution in [0.3, 0.4) is 0 Å². The molecule has 0 spiro atoms. The number of likely N-dealkylation sites (tertiary alicyclic amines) is 1. The zero-order valence-corrected chi connectivity index (χ0v) is 12.0. The van der Waals surface area contributed by atoms with E-state index in [2.05, 4.69) is 38.0 Å². The van der Waals surface area contributed by atoms with Gasteiger partial charge in [-0.25, -0.2) is 0 Å². The smallest absolute Gasteiger partial charge is 0.0702 e. The molecule has 3 atom stereocenters. The maximum Gasteiger partial charge on any atom is 0.0702 e. The first-order chi connectivity index (χ1) is 8.21. The van der Waals surface area contributed by atoms with Crippen LogP contribution in [0.25, 0.3) is 0 Å². The minimum atomic E-state index is 0.461. The summed E-state index contributed by atoms with van der Waals surface area (Å²) in [4.78, 5) is 2.57. The highest BCUT2D eigenvalue weighted by molar-refractivity contribution is 4.80. The second kappa shape index (κ2) is 8.06. The molecule has 0 aromatic rings. The van der Waals surface area contributed by atoms with Crippen LogP contribution < -0.4 is 5.32 Å². The van der Waals surface area contributed by atoms with Crippen molar-refractivity contribution < 1.29 is 4.74 Å². The van der Waals surface area contributed by atoms with Gasteiger partial charge in [0.2, 0.25) is 0 Å². The van der Waals surface area contributed by atoms with E-state index < -0.39 is 0 Å². The van der Waals surface area contributed by atoms with E-state index in [0.717, 1.165) is 25.6 Å². The van der Waals surface area contributed by atoms with Crippen molar-refractivity contribution in [2.75, 3.05) is 33.3 Å². The highest BCUT2D eigenvalue weighted by Crippen LogP contribution is 2.16. The number of rotatable bonds is 7. The van der Waals surface area contributed by atoms with Gasteiger partial charge >= 0.3 is 0 Å². The average molecular weight is 242 g/mol. The molecule has 1 aliphatic rings. The molecule has 0 radical (unpaired) electrons. The highest BCUT2D eigenvalue weighted by Gasteiger charge is 2.23. The normalized spacial score (nSPS) is 25.8. The molecule has 17 heavy (non-hydrogen) atoms. The molecule has 0 aromatic carbocycles. The molecule has 1 aliphatic heterocycles. The summed E-state index contributed by atoms with van der Waals surface area (Å²) in [7, 11) is 2.08.